The first-order chi connectivity index (χ1) is 20.8. The Balaban J connectivity index is 1.14. The molecule has 2 saturated heterocycles. The summed E-state index contributed by atoms with van der Waals surface area (Å²) < 4.78 is 5.79. The SMILES string of the molecule is C=NC(C)(NC)C(NC(=O)c1cc2ccccc2[nH]1)C(=O)N1CC2CC1CN2C(=O)c1ccc(Oc2ccccc2)cn1. The minimum Gasteiger partial charge on any atom is -0.456 e. The maximum absolute atomic E-state index is 14.0. The molecule has 11 nitrogen and oxygen atoms in total. The maximum atomic E-state index is 14.0. The summed E-state index contributed by atoms with van der Waals surface area (Å²) in [5, 5.41) is 6.83. The molecule has 0 radical (unpaired) electrons. The molecule has 3 amide bonds. The normalized spacial score (nSPS) is 19.6. The third-order valence-electron chi connectivity index (χ3n) is 8.41. The predicted octanol–water partition coefficient (Wildman–Crippen LogP) is 3.22. The van der Waals surface area contributed by atoms with Crippen molar-refractivity contribution in [2.24, 2.45) is 4.99 Å². The highest BCUT2D eigenvalue weighted by molar-refractivity contribution is 6.01. The van der Waals surface area contributed by atoms with E-state index in [2.05, 4.69) is 32.3 Å². The number of benzene rings is 2. The summed E-state index contributed by atoms with van der Waals surface area (Å²) >= 11 is 0. The molecule has 2 aromatic carbocycles. The zero-order valence-electron chi connectivity index (χ0n) is 24.0. The number of rotatable bonds is 9. The largest absolute Gasteiger partial charge is 0.456 e. The van der Waals surface area contributed by atoms with Gasteiger partial charge in [-0.3, -0.25) is 24.7 Å². The number of aliphatic imine (C=N–C) groups is 1. The number of piperazine rings is 1. The van der Waals surface area contributed by atoms with Crippen molar-refractivity contribution < 1.29 is 19.1 Å². The summed E-state index contributed by atoms with van der Waals surface area (Å²) in [5.41, 5.74) is 0.314. The van der Waals surface area contributed by atoms with Crippen LogP contribution in [0.4, 0.5) is 0 Å². The van der Waals surface area contributed by atoms with Gasteiger partial charge in [-0.1, -0.05) is 36.4 Å². The smallest absolute Gasteiger partial charge is 0.272 e. The topological polar surface area (TPSA) is 132 Å². The molecule has 3 N–H and O–H groups in total. The summed E-state index contributed by atoms with van der Waals surface area (Å²) in [6.45, 7) is 6.12. The number of fused-ring (bicyclic) bond motifs is 3. The first-order valence-electron chi connectivity index (χ1n) is 14.2. The van der Waals surface area contributed by atoms with Crippen LogP contribution in [-0.4, -0.2) is 88.1 Å². The van der Waals surface area contributed by atoms with E-state index in [1.807, 2.05) is 54.6 Å². The Hall–Kier alpha value is -5.03. The van der Waals surface area contributed by atoms with Crippen LogP contribution in [0.25, 0.3) is 10.9 Å². The molecule has 6 rings (SSSR count). The first kappa shape index (κ1) is 28.1. The molecule has 2 aliphatic heterocycles. The van der Waals surface area contributed by atoms with Crippen LogP contribution in [0.15, 0.2) is 84.0 Å². The van der Waals surface area contributed by atoms with Gasteiger partial charge in [-0.2, -0.15) is 0 Å². The molecule has 2 bridgehead atoms. The molecular weight excluding hydrogens is 546 g/mol. The molecule has 4 atom stereocenters. The number of nitrogens with one attached hydrogen (secondary N) is 3. The minimum atomic E-state index is -1.16. The third kappa shape index (κ3) is 5.35. The molecule has 43 heavy (non-hydrogen) atoms. The number of hydrogen-bond donors (Lipinski definition) is 3. The number of carbonyl (C=O) groups is 3. The number of pyridine rings is 1. The van der Waals surface area contributed by atoms with Gasteiger partial charge in [0.2, 0.25) is 5.91 Å². The second-order valence-corrected chi connectivity index (χ2v) is 11.0. The number of H-pyrrole nitrogens is 1. The number of likely N-dealkylation sites (tertiary alicyclic amines) is 2. The summed E-state index contributed by atoms with van der Waals surface area (Å²) in [6.07, 6.45) is 2.18. The van der Waals surface area contributed by atoms with E-state index in [4.69, 9.17) is 4.74 Å². The van der Waals surface area contributed by atoms with Gasteiger partial charge in [0, 0.05) is 24.0 Å². The summed E-state index contributed by atoms with van der Waals surface area (Å²) in [4.78, 5) is 55.9. The summed E-state index contributed by atoms with van der Waals surface area (Å²) in [6, 6.07) is 20.7. The molecule has 0 saturated carbocycles. The van der Waals surface area contributed by atoms with E-state index in [0.29, 0.717) is 42.4 Å². The first-order valence-corrected chi connectivity index (χ1v) is 14.2. The highest BCUT2D eigenvalue weighted by Crippen LogP contribution is 2.33. The molecular formula is C32H33N7O4. The van der Waals surface area contributed by atoms with Gasteiger partial charge in [-0.25, -0.2) is 4.98 Å². The number of aromatic nitrogens is 2. The van der Waals surface area contributed by atoms with Gasteiger partial charge in [0.05, 0.1) is 18.3 Å². The number of para-hydroxylation sites is 2. The number of nitrogens with zero attached hydrogens (tertiary/aromatic N) is 4. The Morgan fingerprint density at radius 1 is 1.02 bits per heavy atom. The summed E-state index contributed by atoms with van der Waals surface area (Å²) in [7, 11) is 1.67. The van der Waals surface area contributed by atoms with Crippen LogP contribution < -0.4 is 15.4 Å². The molecule has 11 heteroatoms. The second-order valence-electron chi connectivity index (χ2n) is 11.0. The number of aromatic amines is 1. The molecule has 2 aliphatic rings. The van der Waals surface area contributed by atoms with Crippen LogP contribution in [0.3, 0.4) is 0 Å². The zero-order chi connectivity index (χ0) is 30.1. The van der Waals surface area contributed by atoms with E-state index < -0.39 is 17.6 Å². The van der Waals surface area contributed by atoms with E-state index in [-0.39, 0.29) is 23.9 Å². The predicted molar refractivity (Wildman–Crippen MR) is 162 cm³/mol. The Morgan fingerprint density at radius 3 is 2.40 bits per heavy atom. The maximum Gasteiger partial charge on any atom is 0.272 e. The van der Waals surface area contributed by atoms with Crippen LogP contribution in [0.1, 0.15) is 34.3 Å². The van der Waals surface area contributed by atoms with E-state index in [0.717, 1.165) is 10.9 Å². The van der Waals surface area contributed by atoms with E-state index >= 15 is 0 Å². The Labute approximate surface area is 249 Å². The quantitative estimate of drug-likeness (QED) is 0.261. The summed E-state index contributed by atoms with van der Waals surface area (Å²) in [5.74, 6) is 0.316. The Bertz CT molecular complexity index is 1640. The molecule has 4 heterocycles. The number of carbonyl (C=O) groups excluding carboxylic acids is 3. The Morgan fingerprint density at radius 2 is 1.74 bits per heavy atom. The van der Waals surface area contributed by atoms with Crippen molar-refractivity contribution in [2.45, 2.75) is 37.1 Å². The van der Waals surface area contributed by atoms with Crippen LogP contribution in [0, 0.1) is 0 Å². The fraction of sp³-hybridized carbons (Fsp3) is 0.281. The molecule has 0 spiro atoms. The van der Waals surface area contributed by atoms with Crippen molar-refractivity contribution >= 4 is 35.3 Å². The second kappa shape index (κ2) is 11.3. The van der Waals surface area contributed by atoms with Gasteiger partial charge in [0.25, 0.3) is 11.8 Å². The van der Waals surface area contributed by atoms with Gasteiger partial charge in [-0.15, -0.1) is 0 Å². The van der Waals surface area contributed by atoms with Gasteiger partial charge in [0.1, 0.15) is 34.6 Å². The number of hydrogen-bond acceptors (Lipinski definition) is 7. The van der Waals surface area contributed by atoms with Crippen molar-refractivity contribution in [2.75, 3.05) is 20.1 Å². The van der Waals surface area contributed by atoms with Gasteiger partial charge in [-0.05, 0) is 63.5 Å². The molecule has 4 unspecified atom stereocenters. The minimum absolute atomic E-state index is 0.161. The van der Waals surface area contributed by atoms with Crippen molar-refractivity contribution in [1.82, 2.24) is 30.4 Å². The van der Waals surface area contributed by atoms with Crippen molar-refractivity contribution in [3.8, 4) is 11.5 Å². The number of likely N-dealkylation sites (N-methyl/N-ethyl adjacent to an activating group) is 1. The Kier molecular flexibility index (Phi) is 7.41. The lowest BCUT2D eigenvalue weighted by atomic mass is 10.00. The number of amides is 3. The van der Waals surface area contributed by atoms with Crippen molar-refractivity contribution in [3.63, 3.8) is 0 Å². The van der Waals surface area contributed by atoms with Crippen LogP contribution in [-0.2, 0) is 4.79 Å². The average molecular weight is 580 g/mol. The molecule has 2 fully saturated rings. The average Bonchev–Trinajstić information content (AvgIpc) is 3.78. The van der Waals surface area contributed by atoms with Crippen molar-refractivity contribution in [1.29, 1.82) is 0 Å². The third-order valence-corrected chi connectivity index (χ3v) is 8.41. The van der Waals surface area contributed by atoms with Gasteiger partial charge < -0.3 is 24.8 Å². The van der Waals surface area contributed by atoms with Crippen LogP contribution in [0.2, 0.25) is 0 Å². The standard InChI is InChI=1S/C32H33N7O4/c1-32(33-2,34-3)28(37-29(40)27-15-20-9-7-8-12-25(20)36-27)31(42)39-19-21-16-22(39)18-38(21)30(41)26-14-13-24(17-35-26)43-23-10-5-4-6-11-23/h4-15,17,21-22,28,34,36H,2,16,18-19H2,1,3H3,(H,37,40). The highest BCUT2D eigenvalue weighted by atomic mass is 16.5. The fourth-order valence-corrected chi connectivity index (χ4v) is 5.85. The fourth-order valence-electron chi connectivity index (χ4n) is 5.85. The van der Waals surface area contributed by atoms with E-state index in [1.165, 1.54) is 6.20 Å². The molecule has 0 aliphatic carbocycles. The van der Waals surface area contributed by atoms with Gasteiger partial charge in [0.15, 0.2) is 0 Å². The lowest BCUT2D eigenvalue weighted by Gasteiger charge is -2.40. The highest BCUT2D eigenvalue weighted by Gasteiger charge is 2.51. The lowest BCUT2D eigenvalue weighted by Crippen LogP contribution is -2.65. The van der Waals surface area contributed by atoms with E-state index in [1.54, 1.807) is 42.0 Å². The van der Waals surface area contributed by atoms with Gasteiger partial charge >= 0.3 is 0 Å². The number of ether oxygens (including phenoxy) is 1. The van der Waals surface area contributed by atoms with Crippen LogP contribution >= 0.6 is 0 Å². The molecule has 2 aromatic heterocycles. The lowest BCUT2D eigenvalue weighted by molar-refractivity contribution is -0.137. The van der Waals surface area contributed by atoms with Crippen molar-refractivity contribution in [3.05, 3.63) is 90.4 Å². The molecule has 220 valence electrons. The van der Waals surface area contributed by atoms with Crippen LogP contribution in [0.5, 0.6) is 11.5 Å². The molecule has 4 aromatic rings. The monoisotopic (exact) mass is 579 g/mol. The zero-order valence-corrected chi connectivity index (χ0v) is 24.0. The van der Waals surface area contributed by atoms with E-state index in [9.17, 15) is 14.4 Å².